The summed E-state index contributed by atoms with van der Waals surface area (Å²) in [6, 6.07) is 12.5. The maximum atomic E-state index is 13.7. The van der Waals surface area contributed by atoms with Crippen molar-refractivity contribution < 1.29 is 17.9 Å². The number of carbonyl (C=O) groups excluding carboxylic acids is 1. The number of thiazole rings is 1. The van der Waals surface area contributed by atoms with E-state index in [4.69, 9.17) is 9.72 Å². The van der Waals surface area contributed by atoms with E-state index in [1.165, 1.54) is 11.3 Å². The quantitative estimate of drug-likeness (QED) is 0.389. The van der Waals surface area contributed by atoms with E-state index < -0.39 is 10.0 Å². The number of morpholine rings is 1. The van der Waals surface area contributed by atoms with Crippen LogP contribution in [0.1, 0.15) is 41.6 Å². The number of piperidine rings is 1. The summed E-state index contributed by atoms with van der Waals surface area (Å²) in [4.78, 5) is 22.8. The molecule has 1 amide bonds. The summed E-state index contributed by atoms with van der Waals surface area (Å²) in [5.74, 6) is -0.167. The van der Waals surface area contributed by atoms with Crippen molar-refractivity contribution >= 4 is 55.0 Å². The van der Waals surface area contributed by atoms with Gasteiger partial charge in [0.1, 0.15) is 0 Å². The molecule has 8 nitrogen and oxygen atoms in total. The van der Waals surface area contributed by atoms with Crippen LogP contribution in [0.4, 0.5) is 5.13 Å². The number of aromatic nitrogens is 1. The third kappa shape index (κ3) is 6.55. The molecule has 0 saturated carbocycles. The van der Waals surface area contributed by atoms with Crippen LogP contribution in [0.5, 0.6) is 0 Å². The molecule has 3 aromatic rings. The predicted octanol–water partition coefficient (Wildman–Crippen LogP) is 4.57. The van der Waals surface area contributed by atoms with Crippen LogP contribution in [-0.4, -0.2) is 81.0 Å². The zero-order valence-corrected chi connectivity index (χ0v) is 24.1. The highest BCUT2D eigenvalue weighted by atomic mass is 35.5. The van der Waals surface area contributed by atoms with Gasteiger partial charge in [0.15, 0.2) is 5.13 Å². The second kappa shape index (κ2) is 12.8. The molecular formula is C27H35ClN4O4S2. The van der Waals surface area contributed by atoms with E-state index in [-0.39, 0.29) is 23.2 Å². The average molecular weight is 579 g/mol. The Hall–Kier alpha value is -2.08. The molecule has 0 atom stereocenters. The summed E-state index contributed by atoms with van der Waals surface area (Å²) in [5, 5.41) is 0.664. The fraction of sp³-hybridized carbons (Fsp3) is 0.481. The number of hydrogen-bond acceptors (Lipinski definition) is 7. The first-order valence-electron chi connectivity index (χ1n) is 13.0. The minimum Gasteiger partial charge on any atom is -0.379 e. The molecule has 11 heteroatoms. The molecule has 0 bridgehead atoms. The number of fused-ring (bicyclic) bond motifs is 1. The summed E-state index contributed by atoms with van der Waals surface area (Å²) in [6.07, 6.45) is 3.64. The smallest absolute Gasteiger partial charge is 0.260 e. The molecular weight excluding hydrogens is 544 g/mol. The van der Waals surface area contributed by atoms with E-state index in [2.05, 4.69) is 11.0 Å². The van der Waals surface area contributed by atoms with Crippen LogP contribution in [0.15, 0.2) is 47.4 Å². The lowest BCUT2D eigenvalue weighted by Crippen LogP contribution is -2.39. The lowest BCUT2D eigenvalue weighted by atomic mass is 10.2. The zero-order valence-electron chi connectivity index (χ0n) is 21.7. The molecule has 3 heterocycles. The van der Waals surface area contributed by atoms with Crippen molar-refractivity contribution in [3.63, 3.8) is 0 Å². The number of benzene rings is 2. The SMILES string of the molecule is Cc1ccc2nc(N(CCCN3CCOCC3)C(=O)c3ccc(S(=O)(=O)N4CCCCC4)cc3)sc2c1.Cl. The van der Waals surface area contributed by atoms with Gasteiger partial charge >= 0.3 is 0 Å². The van der Waals surface area contributed by atoms with Gasteiger partial charge in [-0.2, -0.15) is 4.31 Å². The highest BCUT2D eigenvalue weighted by Gasteiger charge is 2.27. The van der Waals surface area contributed by atoms with Crippen LogP contribution in [0.3, 0.4) is 0 Å². The molecule has 2 aromatic carbocycles. The number of hydrogen-bond donors (Lipinski definition) is 0. The molecule has 2 aliphatic heterocycles. The standard InChI is InChI=1S/C27H34N4O4S2.ClH/c1-21-6-11-24-25(20-21)36-27(28-24)31(15-5-12-29-16-18-35-19-17-29)26(32)22-7-9-23(10-8-22)37(33,34)30-13-3-2-4-14-30;/h6-11,20H,2-5,12-19H2,1H3;1H. The maximum absolute atomic E-state index is 13.7. The first kappa shape index (κ1) is 28.9. The third-order valence-corrected chi connectivity index (χ3v) is 9.98. The number of ether oxygens (including phenoxy) is 1. The van der Waals surface area contributed by atoms with Crippen LogP contribution in [0.25, 0.3) is 10.2 Å². The molecule has 0 unspecified atom stereocenters. The fourth-order valence-electron chi connectivity index (χ4n) is 4.88. The molecule has 5 rings (SSSR count). The van der Waals surface area contributed by atoms with E-state index in [9.17, 15) is 13.2 Å². The lowest BCUT2D eigenvalue weighted by molar-refractivity contribution is 0.0376. The normalized spacial score (nSPS) is 17.3. The Morgan fingerprint density at radius 3 is 2.45 bits per heavy atom. The lowest BCUT2D eigenvalue weighted by Gasteiger charge is -2.28. The summed E-state index contributed by atoms with van der Waals surface area (Å²) in [5.41, 5.74) is 2.48. The summed E-state index contributed by atoms with van der Waals surface area (Å²) >= 11 is 1.51. The molecule has 2 fully saturated rings. The van der Waals surface area contributed by atoms with Crippen molar-refractivity contribution in [2.45, 2.75) is 37.5 Å². The molecule has 2 saturated heterocycles. The van der Waals surface area contributed by atoms with Gasteiger partial charge in [-0.05, 0) is 68.1 Å². The number of carbonyl (C=O) groups is 1. The minimum atomic E-state index is -3.54. The van der Waals surface area contributed by atoms with Crippen molar-refractivity contribution in [1.29, 1.82) is 0 Å². The minimum absolute atomic E-state index is 0. The Labute approximate surface area is 235 Å². The van der Waals surface area contributed by atoms with Crippen molar-refractivity contribution in [2.75, 3.05) is 57.4 Å². The number of nitrogens with zero attached hydrogens (tertiary/aromatic N) is 4. The Bertz CT molecular complexity index is 1330. The predicted molar refractivity (Wildman–Crippen MR) is 154 cm³/mol. The highest BCUT2D eigenvalue weighted by molar-refractivity contribution is 7.89. The molecule has 0 spiro atoms. The van der Waals surface area contributed by atoms with Crippen LogP contribution >= 0.6 is 23.7 Å². The monoisotopic (exact) mass is 578 g/mol. The second-order valence-electron chi connectivity index (χ2n) is 9.72. The van der Waals surface area contributed by atoms with E-state index in [0.717, 1.165) is 74.3 Å². The molecule has 0 radical (unpaired) electrons. The van der Waals surface area contributed by atoms with Crippen LogP contribution in [0, 0.1) is 6.92 Å². The van der Waals surface area contributed by atoms with E-state index in [1.807, 2.05) is 19.1 Å². The first-order chi connectivity index (χ1) is 17.9. The number of anilines is 1. The van der Waals surface area contributed by atoms with E-state index in [0.29, 0.717) is 30.3 Å². The molecule has 0 N–H and O–H groups in total. The van der Waals surface area contributed by atoms with Gasteiger partial charge in [0, 0.05) is 44.8 Å². The second-order valence-corrected chi connectivity index (χ2v) is 12.7. The van der Waals surface area contributed by atoms with Gasteiger partial charge in [0.2, 0.25) is 10.0 Å². The summed E-state index contributed by atoms with van der Waals surface area (Å²) in [7, 11) is -3.54. The number of rotatable bonds is 8. The van der Waals surface area contributed by atoms with Crippen molar-refractivity contribution in [1.82, 2.24) is 14.2 Å². The van der Waals surface area contributed by atoms with E-state index >= 15 is 0 Å². The summed E-state index contributed by atoms with van der Waals surface area (Å²) < 4.78 is 34.1. The van der Waals surface area contributed by atoms with Crippen molar-refractivity contribution in [2.24, 2.45) is 0 Å². The fourth-order valence-corrected chi connectivity index (χ4v) is 7.48. The third-order valence-electron chi connectivity index (χ3n) is 7.02. The van der Waals surface area contributed by atoms with Gasteiger partial charge < -0.3 is 4.74 Å². The van der Waals surface area contributed by atoms with Gasteiger partial charge in [0.05, 0.1) is 28.3 Å². The Balaban J connectivity index is 0.00000336. The van der Waals surface area contributed by atoms with Gasteiger partial charge in [-0.25, -0.2) is 13.4 Å². The Kier molecular flexibility index (Phi) is 9.78. The van der Waals surface area contributed by atoms with Gasteiger partial charge in [-0.1, -0.05) is 23.8 Å². The van der Waals surface area contributed by atoms with Crippen LogP contribution in [-0.2, 0) is 14.8 Å². The number of amides is 1. The molecule has 0 aliphatic carbocycles. The van der Waals surface area contributed by atoms with Crippen molar-refractivity contribution in [3.05, 3.63) is 53.6 Å². The first-order valence-corrected chi connectivity index (χ1v) is 15.3. The number of halogens is 1. The number of aryl methyl sites for hydroxylation is 1. The Morgan fingerprint density at radius 1 is 1.03 bits per heavy atom. The molecule has 1 aromatic heterocycles. The topological polar surface area (TPSA) is 83.0 Å². The average Bonchev–Trinajstić information content (AvgIpc) is 3.34. The summed E-state index contributed by atoms with van der Waals surface area (Å²) in [6.45, 7) is 7.85. The zero-order chi connectivity index (χ0) is 25.8. The highest BCUT2D eigenvalue weighted by Crippen LogP contribution is 2.31. The molecule has 2 aliphatic rings. The van der Waals surface area contributed by atoms with Gasteiger partial charge in [0.25, 0.3) is 5.91 Å². The molecule has 38 heavy (non-hydrogen) atoms. The number of sulfonamides is 1. The maximum Gasteiger partial charge on any atom is 0.260 e. The largest absolute Gasteiger partial charge is 0.379 e. The van der Waals surface area contributed by atoms with Crippen molar-refractivity contribution in [3.8, 4) is 0 Å². The van der Waals surface area contributed by atoms with Crippen LogP contribution in [0.2, 0.25) is 0 Å². The molecule has 206 valence electrons. The van der Waals surface area contributed by atoms with E-state index in [1.54, 1.807) is 33.5 Å². The Morgan fingerprint density at radius 2 is 1.74 bits per heavy atom. The van der Waals surface area contributed by atoms with Gasteiger partial charge in [-0.15, -0.1) is 12.4 Å². The van der Waals surface area contributed by atoms with Crippen LogP contribution < -0.4 is 4.90 Å². The van der Waals surface area contributed by atoms with Gasteiger partial charge in [-0.3, -0.25) is 14.6 Å².